The largest absolute Gasteiger partial charge is 0.359 e. The van der Waals surface area contributed by atoms with Gasteiger partial charge in [0.15, 0.2) is 0 Å². The molecule has 0 saturated carbocycles. The van der Waals surface area contributed by atoms with E-state index in [9.17, 15) is 9.18 Å². The molecule has 1 unspecified atom stereocenters. The quantitative estimate of drug-likeness (QED) is 0.838. The highest BCUT2D eigenvalue weighted by Gasteiger charge is 2.23. The fourth-order valence-corrected chi connectivity index (χ4v) is 1.94. The molecule has 0 radical (unpaired) electrons. The van der Waals surface area contributed by atoms with E-state index in [1.807, 2.05) is 26.8 Å². The summed E-state index contributed by atoms with van der Waals surface area (Å²) in [6.07, 6.45) is 0. The van der Waals surface area contributed by atoms with Gasteiger partial charge in [-0.1, -0.05) is 19.9 Å². The molecule has 0 heterocycles. The lowest BCUT2D eigenvalue weighted by Gasteiger charge is -2.20. The average Bonchev–Trinajstić information content (AvgIpc) is 2.15. The minimum Gasteiger partial charge on any atom is -0.359 e. The number of aryl methyl sites for hydroxylation is 1. The molecule has 88 valence electrons. The van der Waals surface area contributed by atoms with Crippen molar-refractivity contribution in [3.05, 3.63) is 35.1 Å². The van der Waals surface area contributed by atoms with Gasteiger partial charge in [-0.3, -0.25) is 4.79 Å². The molecule has 0 aliphatic heterocycles. The summed E-state index contributed by atoms with van der Waals surface area (Å²) >= 11 is 0. The van der Waals surface area contributed by atoms with Crippen LogP contribution in [0.3, 0.4) is 0 Å². The number of hydrogen-bond donors (Lipinski definition) is 1. The van der Waals surface area contributed by atoms with E-state index in [1.165, 1.54) is 12.1 Å². The average molecular weight is 223 g/mol. The second kappa shape index (κ2) is 5.10. The van der Waals surface area contributed by atoms with Crippen LogP contribution in [0.5, 0.6) is 0 Å². The highest BCUT2D eigenvalue weighted by Crippen LogP contribution is 2.26. The first-order chi connectivity index (χ1) is 7.45. The minimum absolute atomic E-state index is 0.0694. The molecule has 1 amide bonds. The van der Waals surface area contributed by atoms with Crippen molar-refractivity contribution in [2.24, 2.45) is 5.92 Å². The Balaban J connectivity index is 3.15. The van der Waals surface area contributed by atoms with Crippen molar-refractivity contribution in [3.63, 3.8) is 0 Å². The molecule has 0 saturated heterocycles. The van der Waals surface area contributed by atoms with Crippen LogP contribution in [0.1, 0.15) is 30.9 Å². The number of halogens is 1. The number of benzene rings is 1. The Kier molecular flexibility index (Phi) is 4.05. The van der Waals surface area contributed by atoms with E-state index in [4.69, 9.17) is 0 Å². The summed E-state index contributed by atoms with van der Waals surface area (Å²) in [5, 5.41) is 2.62. The van der Waals surface area contributed by atoms with Gasteiger partial charge in [0, 0.05) is 7.05 Å². The highest BCUT2D eigenvalue weighted by molar-refractivity contribution is 5.83. The highest BCUT2D eigenvalue weighted by atomic mass is 19.1. The molecule has 0 spiro atoms. The van der Waals surface area contributed by atoms with Crippen LogP contribution in [-0.4, -0.2) is 13.0 Å². The van der Waals surface area contributed by atoms with Crippen molar-refractivity contribution in [1.29, 1.82) is 0 Å². The van der Waals surface area contributed by atoms with Gasteiger partial charge in [0.25, 0.3) is 0 Å². The topological polar surface area (TPSA) is 29.1 Å². The summed E-state index contributed by atoms with van der Waals surface area (Å²) in [6.45, 7) is 5.74. The molecule has 1 rings (SSSR count). The molecular formula is C13H18FNO. The van der Waals surface area contributed by atoms with Gasteiger partial charge in [-0.05, 0) is 36.1 Å². The molecule has 1 aromatic carbocycles. The van der Waals surface area contributed by atoms with E-state index in [2.05, 4.69) is 5.32 Å². The van der Waals surface area contributed by atoms with Crippen LogP contribution in [0.4, 0.5) is 4.39 Å². The number of carbonyl (C=O) groups excluding carboxylic acids is 1. The monoisotopic (exact) mass is 223 g/mol. The molecule has 2 nitrogen and oxygen atoms in total. The Labute approximate surface area is 95.9 Å². The lowest BCUT2D eigenvalue weighted by molar-refractivity contribution is -0.123. The van der Waals surface area contributed by atoms with Crippen molar-refractivity contribution in [3.8, 4) is 0 Å². The second-order valence-electron chi connectivity index (χ2n) is 4.40. The lowest BCUT2D eigenvalue weighted by Crippen LogP contribution is -2.29. The molecule has 0 aromatic heterocycles. The molecule has 1 atom stereocenters. The maximum atomic E-state index is 13.3. The normalized spacial score (nSPS) is 12.6. The van der Waals surface area contributed by atoms with Crippen LogP contribution in [-0.2, 0) is 4.79 Å². The van der Waals surface area contributed by atoms with Crippen LogP contribution >= 0.6 is 0 Å². The summed E-state index contributed by atoms with van der Waals surface area (Å²) < 4.78 is 13.3. The lowest BCUT2D eigenvalue weighted by atomic mass is 9.87. The molecule has 1 aromatic rings. The Morgan fingerprint density at radius 3 is 2.38 bits per heavy atom. The van der Waals surface area contributed by atoms with E-state index < -0.39 is 0 Å². The van der Waals surface area contributed by atoms with Gasteiger partial charge >= 0.3 is 0 Å². The molecule has 0 bridgehead atoms. The van der Waals surface area contributed by atoms with Gasteiger partial charge in [-0.2, -0.15) is 0 Å². The van der Waals surface area contributed by atoms with E-state index in [1.54, 1.807) is 7.05 Å². The second-order valence-corrected chi connectivity index (χ2v) is 4.40. The Bertz CT molecular complexity index is 367. The number of likely N-dealkylation sites (N-methyl/N-ethyl adjacent to an activating group) is 1. The van der Waals surface area contributed by atoms with Crippen LogP contribution < -0.4 is 5.32 Å². The molecule has 0 aliphatic carbocycles. The summed E-state index contributed by atoms with van der Waals surface area (Å²) in [5.74, 6) is -0.509. The maximum absolute atomic E-state index is 13.3. The van der Waals surface area contributed by atoms with Gasteiger partial charge in [0.2, 0.25) is 5.91 Å². The predicted octanol–water partition coefficient (Wildman–Crippen LogP) is 2.62. The van der Waals surface area contributed by atoms with Crippen molar-refractivity contribution in [1.82, 2.24) is 5.32 Å². The van der Waals surface area contributed by atoms with E-state index in [-0.39, 0.29) is 23.6 Å². The number of rotatable bonds is 3. The smallest absolute Gasteiger partial charge is 0.227 e. The van der Waals surface area contributed by atoms with E-state index in [0.29, 0.717) is 0 Å². The van der Waals surface area contributed by atoms with Gasteiger partial charge in [-0.15, -0.1) is 0 Å². The minimum atomic E-state index is -0.292. The van der Waals surface area contributed by atoms with Gasteiger partial charge < -0.3 is 5.32 Å². The van der Waals surface area contributed by atoms with E-state index in [0.717, 1.165) is 11.1 Å². The predicted molar refractivity (Wildman–Crippen MR) is 62.8 cm³/mol. The standard InChI is InChI=1S/C13H18FNO/c1-8(2)12(13(16)15-4)10-5-9(3)6-11(14)7-10/h5-8,12H,1-4H3,(H,15,16). The van der Waals surface area contributed by atoms with Gasteiger partial charge in [0.1, 0.15) is 5.82 Å². The molecular weight excluding hydrogens is 205 g/mol. The number of amides is 1. The first-order valence-corrected chi connectivity index (χ1v) is 5.44. The van der Waals surface area contributed by atoms with Crippen molar-refractivity contribution >= 4 is 5.91 Å². The van der Waals surface area contributed by atoms with Crippen LogP contribution in [0.2, 0.25) is 0 Å². The van der Waals surface area contributed by atoms with Gasteiger partial charge in [-0.25, -0.2) is 4.39 Å². The molecule has 0 fully saturated rings. The first-order valence-electron chi connectivity index (χ1n) is 5.44. The molecule has 16 heavy (non-hydrogen) atoms. The summed E-state index contributed by atoms with van der Waals surface area (Å²) in [7, 11) is 1.60. The zero-order chi connectivity index (χ0) is 12.3. The number of nitrogens with one attached hydrogen (secondary N) is 1. The number of hydrogen-bond acceptors (Lipinski definition) is 1. The molecule has 0 aliphatic rings. The zero-order valence-corrected chi connectivity index (χ0v) is 10.2. The third kappa shape index (κ3) is 2.81. The first kappa shape index (κ1) is 12.7. The Morgan fingerprint density at radius 1 is 1.31 bits per heavy atom. The van der Waals surface area contributed by atoms with Crippen molar-refractivity contribution < 1.29 is 9.18 Å². The summed E-state index contributed by atoms with van der Waals surface area (Å²) in [4.78, 5) is 11.7. The fraction of sp³-hybridized carbons (Fsp3) is 0.462. The van der Waals surface area contributed by atoms with Crippen LogP contribution in [0, 0.1) is 18.7 Å². The third-order valence-corrected chi connectivity index (χ3v) is 2.62. The zero-order valence-electron chi connectivity index (χ0n) is 10.2. The fourth-order valence-electron chi connectivity index (χ4n) is 1.94. The van der Waals surface area contributed by atoms with Crippen molar-refractivity contribution in [2.45, 2.75) is 26.7 Å². The van der Waals surface area contributed by atoms with Gasteiger partial charge in [0.05, 0.1) is 5.92 Å². The SMILES string of the molecule is CNC(=O)C(c1cc(C)cc(F)c1)C(C)C. The number of carbonyl (C=O) groups is 1. The molecule has 3 heteroatoms. The Hall–Kier alpha value is -1.38. The van der Waals surface area contributed by atoms with Crippen LogP contribution in [0.15, 0.2) is 18.2 Å². The van der Waals surface area contributed by atoms with Crippen molar-refractivity contribution in [2.75, 3.05) is 7.05 Å². The third-order valence-electron chi connectivity index (χ3n) is 2.62. The van der Waals surface area contributed by atoms with Crippen LogP contribution in [0.25, 0.3) is 0 Å². The maximum Gasteiger partial charge on any atom is 0.227 e. The summed E-state index contributed by atoms with van der Waals surface area (Å²) in [5.41, 5.74) is 1.58. The van der Waals surface area contributed by atoms with E-state index >= 15 is 0 Å². The summed E-state index contributed by atoms with van der Waals surface area (Å²) in [6, 6.07) is 4.76. The Morgan fingerprint density at radius 2 is 1.94 bits per heavy atom. The molecule has 1 N–H and O–H groups in total.